The summed E-state index contributed by atoms with van der Waals surface area (Å²) in [6.07, 6.45) is 18.7. The Labute approximate surface area is 219 Å². The van der Waals surface area contributed by atoms with Gasteiger partial charge in [-0.3, -0.25) is 18.6 Å². The second-order valence-corrected chi connectivity index (χ2v) is 10.8. The Kier molecular flexibility index (Phi) is 23.7. The molecule has 9 nitrogen and oxygen atoms in total. The Morgan fingerprint density at radius 2 is 1.31 bits per heavy atom. The molecule has 0 heterocycles. The van der Waals surface area contributed by atoms with Crippen molar-refractivity contribution in [3.63, 3.8) is 0 Å². The second-order valence-electron chi connectivity index (χ2n) is 9.32. The molecule has 0 rings (SSSR count). The first-order valence-corrected chi connectivity index (χ1v) is 15.3. The zero-order valence-corrected chi connectivity index (χ0v) is 23.9. The third kappa shape index (κ3) is 24.7. The van der Waals surface area contributed by atoms with Gasteiger partial charge in [0.2, 0.25) is 5.91 Å². The highest BCUT2D eigenvalue weighted by molar-refractivity contribution is 7.47. The minimum atomic E-state index is -4.29. The summed E-state index contributed by atoms with van der Waals surface area (Å²) in [5.41, 5.74) is 0. The van der Waals surface area contributed by atoms with Gasteiger partial charge in [0.25, 0.3) is 0 Å². The molecule has 1 unspecified atom stereocenters. The molecule has 0 aromatic carbocycles. The van der Waals surface area contributed by atoms with Crippen LogP contribution >= 0.6 is 7.82 Å². The van der Waals surface area contributed by atoms with Gasteiger partial charge in [-0.25, -0.2) is 4.57 Å². The monoisotopic (exact) mass is 537 g/mol. The van der Waals surface area contributed by atoms with Gasteiger partial charge in [-0.2, -0.15) is 0 Å². The largest absolute Gasteiger partial charge is 0.472 e. The van der Waals surface area contributed by atoms with E-state index in [1.165, 1.54) is 91.1 Å². The molecule has 0 aliphatic rings. The fourth-order valence-electron chi connectivity index (χ4n) is 3.69. The van der Waals surface area contributed by atoms with Gasteiger partial charge >= 0.3 is 13.8 Å². The first-order chi connectivity index (χ1) is 17.3. The molecule has 10 heteroatoms. The van der Waals surface area contributed by atoms with Crippen LogP contribution in [-0.4, -0.2) is 56.3 Å². The molecule has 0 bridgehead atoms. The molecule has 214 valence electrons. The number of rotatable bonds is 26. The van der Waals surface area contributed by atoms with Gasteiger partial charge in [-0.15, -0.1) is 0 Å². The topological polar surface area (TPSA) is 120 Å². The number of hydrogen-bond acceptors (Lipinski definition) is 7. The molecular weight excluding hydrogens is 485 g/mol. The molecule has 0 aliphatic heterocycles. The Morgan fingerprint density at radius 1 is 0.806 bits per heavy atom. The number of hydrogen-bond donors (Lipinski definition) is 2. The number of unbranched alkanes of at least 4 members (excludes halogenated alkanes) is 14. The summed E-state index contributed by atoms with van der Waals surface area (Å²) in [7, 11) is -2.89. The van der Waals surface area contributed by atoms with Crippen LogP contribution in [0.1, 0.15) is 117 Å². The average molecular weight is 538 g/mol. The smallest absolute Gasteiger partial charge is 0.463 e. The molecule has 0 aliphatic carbocycles. The van der Waals surface area contributed by atoms with Gasteiger partial charge in [-0.1, -0.05) is 96.8 Å². The Morgan fingerprint density at radius 3 is 1.78 bits per heavy atom. The number of ether oxygens (including phenoxy) is 2. The van der Waals surface area contributed by atoms with E-state index in [-0.39, 0.29) is 38.2 Å². The predicted octanol–water partition coefficient (Wildman–Crippen LogP) is 6.08. The fraction of sp³-hybridized carbons (Fsp3) is 0.923. The van der Waals surface area contributed by atoms with Crippen LogP contribution in [0.4, 0.5) is 0 Å². The van der Waals surface area contributed by atoms with Gasteiger partial charge in [0, 0.05) is 27.0 Å². The highest BCUT2D eigenvalue weighted by Crippen LogP contribution is 2.43. The maximum atomic E-state index is 11.9. The number of carbonyl (C=O) groups is 2. The van der Waals surface area contributed by atoms with Crippen molar-refractivity contribution in [2.75, 3.05) is 33.5 Å². The van der Waals surface area contributed by atoms with Crippen molar-refractivity contribution in [3.8, 4) is 0 Å². The van der Waals surface area contributed by atoms with Crippen molar-refractivity contribution in [1.29, 1.82) is 0 Å². The Balaban J connectivity index is 3.62. The van der Waals surface area contributed by atoms with Crippen molar-refractivity contribution in [3.05, 3.63) is 0 Å². The van der Waals surface area contributed by atoms with E-state index in [0.29, 0.717) is 6.42 Å². The summed E-state index contributed by atoms with van der Waals surface area (Å²) >= 11 is 0. The number of methoxy groups -OCH3 is 1. The van der Waals surface area contributed by atoms with Gasteiger partial charge < -0.3 is 19.7 Å². The summed E-state index contributed by atoms with van der Waals surface area (Å²) in [6, 6.07) is 0. The predicted molar refractivity (Wildman–Crippen MR) is 142 cm³/mol. The first-order valence-electron chi connectivity index (χ1n) is 13.9. The van der Waals surface area contributed by atoms with Gasteiger partial charge in [0.15, 0.2) is 0 Å². The van der Waals surface area contributed by atoms with E-state index in [9.17, 15) is 19.0 Å². The van der Waals surface area contributed by atoms with E-state index in [1.807, 2.05) is 0 Å². The van der Waals surface area contributed by atoms with Crippen molar-refractivity contribution in [2.24, 2.45) is 0 Å². The van der Waals surface area contributed by atoms with Crippen molar-refractivity contribution >= 4 is 19.7 Å². The van der Waals surface area contributed by atoms with Gasteiger partial charge in [0.05, 0.1) is 13.2 Å². The van der Waals surface area contributed by atoms with Crippen LogP contribution in [0.3, 0.4) is 0 Å². The van der Waals surface area contributed by atoms with E-state index in [2.05, 4.69) is 12.2 Å². The molecule has 1 amide bonds. The highest BCUT2D eigenvalue weighted by Gasteiger charge is 2.24. The van der Waals surface area contributed by atoms with Crippen LogP contribution in [0.25, 0.3) is 0 Å². The lowest BCUT2D eigenvalue weighted by molar-refractivity contribution is -0.148. The summed E-state index contributed by atoms with van der Waals surface area (Å²) in [6.45, 7) is 3.18. The molecule has 0 saturated heterocycles. The minimum absolute atomic E-state index is 0.0695. The molecule has 36 heavy (non-hydrogen) atoms. The molecule has 0 aromatic heterocycles. The molecule has 0 saturated carbocycles. The number of nitrogens with one attached hydrogen (secondary N) is 1. The summed E-state index contributed by atoms with van der Waals surface area (Å²) in [4.78, 5) is 32.3. The molecule has 2 atom stereocenters. The van der Waals surface area contributed by atoms with E-state index in [1.54, 1.807) is 0 Å². The second kappa shape index (κ2) is 24.4. The van der Waals surface area contributed by atoms with Crippen LogP contribution in [0.5, 0.6) is 0 Å². The first kappa shape index (κ1) is 35.0. The van der Waals surface area contributed by atoms with Gasteiger partial charge in [0.1, 0.15) is 12.7 Å². The molecule has 0 radical (unpaired) electrons. The van der Waals surface area contributed by atoms with Crippen LogP contribution in [0.2, 0.25) is 0 Å². The standard InChI is InChI=1S/C26H52NO8P/c1-4-5-6-7-8-9-10-11-12-13-14-15-16-17-18-19-26(29)33-22-25(32-3)23-35-36(30,31)34-21-20-27-24(2)28/h25H,4-23H2,1-3H3,(H,27,28)(H,30,31)/t25-/m1/s1. The lowest BCUT2D eigenvalue weighted by Crippen LogP contribution is -2.26. The van der Waals surface area contributed by atoms with Crippen LogP contribution in [-0.2, 0) is 32.7 Å². The zero-order chi connectivity index (χ0) is 26.9. The summed E-state index contributed by atoms with van der Waals surface area (Å²) in [5, 5.41) is 2.44. The van der Waals surface area contributed by atoms with E-state index >= 15 is 0 Å². The normalized spacial score (nSPS) is 13.8. The van der Waals surface area contributed by atoms with Crippen molar-refractivity contribution in [1.82, 2.24) is 5.32 Å². The van der Waals surface area contributed by atoms with E-state index in [4.69, 9.17) is 18.5 Å². The highest BCUT2D eigenvalue weighted by atomic mass is 31.2. The van der Waals surface area contributed by atoms with E-state index < -0.39 is 13.9 Å². The Hall–Kier alpha value is -0.990. The molecule has 0 spiro atoms. The van der Waals surface area contributed by atoms with Crippen LogP contribution in [0.15, 0.2) is 0 Å². The molecular formula is C26H52NO8P. The third-order valence-corrected chi connectivity index (χ3v) is 6.89. The lowest BCUT2D eigenvalue weighted by Gasteiger charge is -2.18. The summed E-state index contributed by atoms with van der Waals surface area (Å²) < 4.78 is 31.8. The van der Waals surface area contributed by atoms with Gasteiger partial charge in [-0.05, 0) is 6.42 Å². The number of carbonyl (C=O) groups excluding carboxylic acids is 2. The Bertz CT molecular complexity index is 590. The van der Waals surface area contributed by atoms with Crippen molar-refractivity contribution in [2.45, 2.75) is 123 Å². The lowest BCUT2D eigenvalue weighted by atomic mass is 10.0. The maximum Gasteiger partial charge on any atom is 0.472 e. The quantitative estimate of drug-likeness (QED) is 0.0774. The third-order valence-electron chi connectivity index (χ3n) is 5.90. The number of amides is 1. The number of esters is 1. The SMILES string of the molecule is CCCCCCCCCCCCCCCCCC(=O)OC[C@H](COP(=O)(O)OCCNC(C)=O)OC. The van der Waals surface area contributed by atoms with E-state index in [0.717, 1.165) is 19.3 Å². The maximum absolute atomic E-state index is 11.9. The molecule has 2 N–H and O–H groups in total. The molecule has 0 aromatic rings. The molecule has 0 fully saturated rings. The van der Waals surface area contributed by atoms with Crippen LogP contribution < -0.4 is 5.32 Å². The summed E-state index contributed by atoms with van der Waals surface area (Å²) in [5.74, 6) is -0.580. The van der Waals surface area contributed by atoms with Crippen molar-refractivity contribution < 1.29 is 37.6 Å². The number of phosphoric ester groups is 1. The van der Waals surface area contributed by atoms with Crippen LogP contribution in [0, 0.1) is 0 Å². The fourth-order valence-corrected chi connectivity index (χ4v) is 4.44. The average Bonchev–Trinajstić information content (AvgIpc) is 2.84. The zero-order valence-electron chi connectivity index (χ0n) is 23.0. The number of phosphoric acid groups is 1. The minimum Gasteiger partial charge on any atom is -0.463 e.